The quantitative estimate of drug-likeness (QED) is 0.497. The molecule has 4 heteroatoms. The Labute approximate surface area is 60.2 Å². The maximum absolute atomic E-state index is 10.5. The van der Waals surface area contributed by atoms with Crippen molar-refractivity contribution in [3.63, 3.8) is 0 Å². The summed E-state index contributed by atoms with van der Waals surface area (Å²) in [5.41, 5.74) is 0. The highest BCUT2D eigenvalue weighted by atomic mass is 16.5. The van der Waals surface area contributed by atoms with Crippen molar-refractivity contribution in [1.29, 1.82) is 0 Å². The molecule has 0 aliphatic heterocycles. The van der Waals surface area contributed by atoms with Gasteiger partial charge in [-0.15, -0.1) is 0 Å². The highest BCUT2D eigenvalue weighted by Crippen LogP contribution is 1.79. The molecule has 0 aromatic heterocycles. The molecule has 60 valence electrons. The van der Waals surface area contributed by atoms with Crippen LogP contribution in [-0.2, 0) is 9.53 Å². The summed E-state index contributed by atoms with van der Waals surface area (Å²) in [6, 6.07) is 0. The van der Waals surface area contributed by atoms with Crippen molar-refractivity contribution in [2.24, 2.45) is 0 Å². The Hall–Kier alpha value is -0.610. The summed E-state index contributed by atoms with van der Waals surface area (Å²) in [6.07, 6.45) is 0.580. The minimum atomic E-state index is -0.141. The number of carbonyl (C=O) groups excluding carboxylic acids is 1. The smallest absolute Gasteiger partial charge is 0.245 e. The molecule has 0 radical (unpaired) electrons. The summed E-state index contributed by atoms with van der Waals surface area (Å²) in [5, 5.41) is 10.7. The molecule has 4 nitrogen and oxygen atoms in total. The Morgan fingerprint density at radius 2 is 2.40 bits per heavy atom. The zero-order valence-corrected chi connectivity index (χ0v) is 6.09. The fourth-order valence-corrected chi connectivity index (χ4v) is 0.404. The molecular formula is C6H13NO3. The molecule has 10 heavy (non-hydrogen) atoms. The molecule has 0 rings (SSSR count). The molecule has 0 bridgehead atoms. The third-order valence-corrected chi connectivity index (χ3v) is 0.959. The fourth-order valence-electron chi connectivity index (χ4n) is 0.404. The second-order valence-corrected chi connectivity index (χ2v) is 1.80. The molecule has 0 fully saturated rings. The first-order valence-corrected chi connectivity index (χ1v) is 3.20. The molecule has 1 amide bonds. The lowest BCUT2D eigenvalue weighted by molar-refractivity contribution is -0.125. The number of rotatable bonds is 5. The molecule has 0 spiro atoms. The van der Waals surface area contributed by atoms with Crippen LogP contribution in [0.2, 0.25) is 0 Å². The van der Waals surface area contributed by atoms with E-state index in [1.807, 2.05) is 0 Å². The second kappa shape index (κ2) is 6.51. The topological polar surface area (TPSA) is 58.6 Å². The van der Waals surface area contributed by atoms with Gasteiger partial charge in [0.25, 0.3) is 0 Å². The van der Waals surface area contributed by atoms with Crippen LogP contribution in [0.4, 0.5) is 0 Å². The first-order chi connectivity index (χ1) is 4.81. The number of aliphatic hydroxyl groups excluding tert-OH is 1. The summed E-state index contributed by atoms with van der Waals surface area (Å²) in [4.78, 5) is 10.5. The summed E-state index contributed by atoms with van der Waals surface area (Å²) in [5.74, 6) is -0.141. The standard InChI is InChI=1S/C6H13NO3/c1-7-6(9)5-10-4-2-3-8/h8H,2-5H2,1H3,(H,7,9). The Morgan fingerprint density at radius 3 is 2.90 bits per heavy atom. The van der Waals surface area contributed by atoms with Gasteiger partial charge in [-0.2, -0.15) is 0 Å². The minimum Gasteiger partial charge on any atom is -0.396 e. The molecular weight excluding hydrogens is 134 g/mol. The van der Waals surface area contributed by atoms with Crippen molar-refractivity contribution >= 4 is 5.91 Å². The minimum absolute atomic E-state index is 0.0799. The van der Waals surface area contributed by atoms with E-state index in [1.54, 1.807) is 7.05 Å². The van der Waals surface area contributed by atoms with Crippen LogP contribution in [0.25, 0.3) is 0 Å². The van der Waals surface area contributed by atoms with Gasteiger partial charge in [-0.3, -0.25) is 4.79 Å². The molecule has 0 aliphatic rings. The zero-order valence-electron chi connectivity index (χ0n) is 6.09. The van der Waals surface area contributed by atoms with E-state index in [0.717, 1.165) is 0 Å². The van der Waals surface area contributed by atoms with Gasteiger partial charge in [0.15, 0.2) is 0 Å². The molecule has 0 aromatic rings. The fraction of sp³-hybridized carbons (Fsp3) is 0.833. The van der Waals surface area contributed by atoms with Crippen LogP contribution in [0.3, 0.4) is 0 Å². The van der Waals surface area contributed by atoms with Gasteiger partial charge >= 0.3 is 0 Å². The normalized spacial score (nSPS) is 9.40. The van der Waals surface area contributed by atoms with E-state index in [1.165, 1.54) is 0 Å². The number of aliphatic hydroxyl groups is 1. The predicted octanol–water partition coefficient (Wildman–Crippen LogP) is -0.869. The molecule has 0 aromatic carbocycles. The van der Waals surface area contributed by atoms with Gasteiger partial charge in [0.05, 0.1) is 0 Å². The third-order valence-electron chi connectivity index (χ3n) is 0.959. The van der Waals surface area contributed by atoms with Gasteiger partial charge in [-0.25, -0.2) is 0 Å². The molecule has 0 saturated carbocycles. The van der Waals surface area contributed by atoms with E-state index < -0.39 is 0 Å². The summed E-state index contributed by atoms with van der Waals surface area (Å²) >= 11 is 0. The van der Waals surface area contributed by atoms with E-state index in [9.17, 15) is 4.79 Å². The van der Waals surface area contributed by atoms with E-state index in [2.05, 4.69) is 5.32 Å². The van der Waals surface area contributed by atoms with Crippen LogP contribution in [0.1, 0.15) is 6.42 Å². The van der Waals surface area contributed by atoms with Crippen molar-refractivity contribution < 1.29 is 14.6 Å². The van der Waals surface area contributed by atoms with Crippen molar-refractivity contribution in [2.75, 3.05) is 26.9 Å². The van der Waals surface area contributed by atoms with Gasteiger partial charge in [-0.05, 0) is 6.42 Å². The molecule has 0 atom stereocenters. The van der Waals surface area contributed by atoms with Gasteiger partial charge in [0.1, 0.15) is 6.61 Å². The predicted molar refractivity (Wildman–Crippen MR) is 36.6 cm³/mol. The number of amides is 1. The molecule has 0 unspecified atom stereocenters. The average molecular weight is 147 g/mol. The lowest BCUT2D eigenvalue weighted by Crippen LogP contribution is -2.23. The number of carbonyl (C=O) groups is 1. The number of likely N-dealkylation sites (N-methyl/N-ethyl adjacent to an activating group) is 1. The van der Waals surface area contributed by atoms with E-state index in [4.69, 9.17) is 9.84 Å². The van der Waals surface area contributed by atoms with Crippen molar-refractivity contribution in [2.45, 2.75) is 6.42 Å². The van der Waals surface area contributed by atoms with Gasteiger partial charge < -0.3 is 15.2 Å². The Morgan fingerprint density at radius 1 is 1.70 bits per heavy atom. The number of hydrogen-bond acceptors (Lipinski definition) is 3. The maximum Gasteiger partial charge on any atom is 0.245 e. The number of hydrogen-bond donors (Lipinski definition) is 2. The van der Waals surface area contributed by atoms with Crippen LogP contribution in [-0.4, -0.2) is 37.9 Å². The summed E-state index contributed by atoms with van der Waals surface area (Å²) in [6.45, 7) is 0.619. The monoisotopic (exact) mass is 147 g/mol. The van der Waals surface area contributed by atoms with Crippen LogP contribution in [0, 0.1) is 0 Å². The Kier molecular flexibility index (Phi) is 6.11. The van der Waals surface area contributed by atoms with Crippen LogP contribution in [0.15, 0.2) is 0 Å². The van der Waals surface area contributed by atoms with Crippen LogP contribution >= 0.6 is 0 Å². The highest BCUT2D eigenvalue weighted by Gasteiger charge is 1.95. The maximum atomic E-state index is 10.5. The van der Waals surface area contributed by atoms with Crippen LogP contribution in [0.5, 0.6) is 0 Å². The largest absolute Gasteiger partial charge is 0.396 e. The van der Waals surface area contributed by atoms with E-state index in [-0.39, 0.29) is 19.1 Å². The molecule has 0 aliphatic carbocycles. The first kappa shape index (κ1) is 9.39. The SMILES string of the molecule is CNC(=O)COCCCO. The van der Waals surface area contributed by atoms with E-state index >= 15 is 0 Å². The summed E-state index contributed by atoms with van der Waals surface area (Å²) in [7, 11) is 1.55. The number of ether oxygens (including phenoxy) is 1. The lowest BCUT2D eigenvalue weighted by Gasteiger charge is -2.00. The van der Waals surface area contributed by atoms with Crippen molar-refractivity contribution in [3.05, 3.63) is 0 Å². The first-order valence-electron chi connectivity index (χ1n) is 3.20. The Bertz CT molecular complexity index is 95.0. The van der Waals surface area contributed by atoms with Gasteiger partial charge in [0.2, 0.25) is 5.91 Å². The van der Waals surface area contributed by atoms with Crippen molar-refractivity contribution in [3.8, 4) is 0 Å². The average Bonchev–Trinajstić information content (AvgIpc) is 1.98. The lowest BCUT2D eigenvalue weighted by atomic mass is 10.5. The zero-order chi connectivity index (χ0) is 7.82. The van der Waals surface area contributed by atoms with E-state index in [0.29, 0.717) is 13.0 Å². The molecule has 2 N–H and O–H groups in total. The van der Waals surface area contributed by atoms with Gasteiger partial charge in [-0.1, -0.05) is 0 Å². The van der Waals surface area contributed by atoms with Crippen LogP contribution < -0.4 is 5.32 Å². The highest BCUT2D eigenvalue weighted by molar-refractivity contribution is 5.76. The van der Waals surface area contributed by atoms with Gasteiger partial charge in [0, 0.05) is 20.3 Å². The summed E-state index contributed by atoms with van der Waals surface area (Å²) < 4.78 is 4.85. The molecule has 0 saturated heterocycles. The Balaban J connectivity index is 2.96. The van der Waals surface area contributed by atoms with Crippen molar-refractivity contribution in [1.82, 2.24) is 5.32 Å². The molecule has 0 heterocycles. The number of nitrogens with one attached hydrogen (secondary N) is 1. The second-order valence-electron chi connectivity index (χ2n) is 1.80. The third kappa shape index (κ3) is 5.53.